The Labute approximate surface area is 92.0 Å². The molecule has 0 aliphatic carbocycles. The molecule has 0 unspecified atom stereocenters. The van der Waals surface area contributed by atoms with Crippen LogP contribution in [0.2, 0.25) is 5.02 Å². The summed E-state index contributed by atoms with van der Waals surface area (Å²) in [5, 5.41) is 7.25. The highest BCUT2D eigenvalue weighted by molar-refractivity contribution is 9.10. The van der Waals surface area contributed by atoms with Gasteiger partial charge in [0.05, 0.1) is 10.6 Å². The lowest BCUT2D eigenvalue weighted by Crippen LogP contribution is -1.86. The monoisotopic (exact) mass is 276 g/mol. The van der Waals surface area contributed by atoms with Crippen LogP contribution in [-0.4, -0.2) is 10.2 Å². The van der Waals surface area contributed by atoms with Gasteiger partial charge >= 0.3 is 0 Å². The van der Waals surface area contributed by atoms with Gasteiger partial charge in [-0.1, -0.05) is 27.5 Å². The molecule has 0 aliphatic rings. The largest absolute Gasteiger partial charge is 0.423 e. The summed E-state index contributed by atoms with van der Waals surface area (Å²) < 4.78 is 18.8. The SMILES string of the molecule is Fc1cc(Br)cc(Cl)c1-c1nnco1. The van der Waals surface area contributed by atoms with E-state index >= 15 is 0 Å². The second-order valence-corrected chi connectivity index (χ2v) is 3.81. The van der Waals surface area contributed by atoms with Gasteiger partial charge in [0, 0.05) is 4.47 Å². The number of benzene rings is 1. The highest BCUT2D eigenvalue weighted by Gasteiger charge is 2.15. The average Bonchev–Trinajstić information content (AvgIpc) is 2.54. The summed E-state index contributed by atoms with van der Waals surface area (Å²) >= 11 is 8.95. The van der Waals surface area contributed by atoms with Gasteiger partial charge in [0.1, 0.15) is 5.82 Å². The van der Waals surface area contributed by atoms with Crippen LogP contribution in [0.15, 0.2) is 27.4 Å². The third kappa shape index (κ3) is 1.65. The standard InChI is InChI=1S/C8H3BrClFN2O/c9-4-1-5(10)7(6(11)2-4)8-13-12-3-14-8/h1-3H. The first kappa shape index (κ1) is 9.61. The first-order valence-electron chi connectivity index (χ1n) is 3.59. The van der Waals surface area contributed by atoms with Gasteiger partial charge in [-0.15, -0.1) is 10.2 Å². The fourth-order valence-electron chi connectivity index (χ4n) is 1.03. The van der Waals surface area contributed by atoms with Crippen LogP contribution in [0.3, 0.4) is 0 Å². The van der Waals surface area contributed by atoms with Gasteiger partial charge in [-0.25, -0.2) is 4.39 Å². The van der Waals surface area contributed by atoms with Gasteiger partial charge in [-0.3, -0.25) is 0 Å². The van der Waals surface area contributed by atoms with Gasteiger partial charge in [0.25, 0.3) is 5.89 Å². The molecular weight excluding hydrogens is 274 g/mol. The Bertz CT molecular complexity index is 437. The van der Waals surface area contributed by atoms with Gasteiger partial charge in [-0.05, 0) is 12.1 Å². The van der Waals surface area contributed by atoms with E-state index in [0.29, 0.717) is 4.47 Å². The van der Waals surface area contributed by atoms with E-state index in [-0.39, 0.29) is 16.5 Å². The van der Waals surface area contributed by atoms with Crippen molar-refractivity contribution in [3.8, 4) is 11.5 Å². The van der Waals surface area contributed by atoms with Crippen molar-refractivity contribution in [2.75, 3.05) is 0 Å². The molecule has 0 aliphatic heterocycles. The fourth-order valence-corrected chi connectivity index (χ4v) is 1.88. The predicted octanol–water partition coefficient (Wildman–Crippen LogP) is 3.29. The molecule has 3 nitrogen and oxygen atoms in total. The lowest BCUT2D eigenvalue weighted by molar-refractivity contribution is 0.557. The van der Waals surface area contributed by atoms with Gasteiger partial charge in [0.2, 0.25) is 6.39 Å². The van der Waals surface area contributed by atoms with Crippen molar-refractivity contribution in [3.63, 3.8) is 0 Å². The molecule has 1 aromatic heterocycles. The molecule has 2 rings (SSSR count). The second kappa shape index (κ2) is 3.67. The lowest BCUT2D eigenvalue weighted by Gasteiger charge is -2.01. The molecule has 2 aromatic rings. The minimum atomic E-state index is -0.506. The molecule has 0 spiro atoms. The summed E-state index contributed by atoms with van der Waals surface area (Å²) in [4.78, 5) is 0. The Balaban J connectivity index is 2.64. The zero-order valence-corrected chi connectivity index (χ0v) is 9.01. The van der Waals surface area contributed by atoms with Gasteiger partial charge in [0.15, 0.2) is 0 Å². The molecule has 0 N–H and O–H groups in total. The molecule has 0 amide bonds. The molecule has 1 heterocycles. The summed E-state index contributed by atoms with van der Waals surface area (Å²) in [6, 6.07) is 2.84. The number of nitrogens with zero attached hydrogens (tertiary/aromatic N) is 2. The summed E-state index contributed by atoms with van der Waals surface area (Å²) in [6.45, 7) is 0. The topological polar surface area (TPSA) is 38.9 Å². The molecule has 1 aromatic carbocycles. The molecule has 0 bridgehead atoms. The predicted molar refractivity (Wildman–Crippen MR) is 52.4 cm³/mol. The number of rotatable bonds is 1. The maximum Gasteiger partial charge on any atom is 0.251 e. The van der Waals surface area contributed by atoms with Crippen molar-refractivity contribution in [2.24, 2.45) is 0 Å². The summed E-state index contributed by atoms with van der Waals surface area (Å²) in [5.74, 6) is -0.436. The molecule has 6 heteroatoms. The number of hydrogen-bond donors (Lipinski definition) is 0. The Morgan fingerprint density at radius 2 is 2.21 bits per heavy atom. The molecule has 0 radical (unpaired) electrons. The molecule has 0 atom stereocenters. The second-order valence-electron chi connectivity index (χ2n) is 2.49. The van der Waals surface area contributed by atoms with Crippen molar-refractivity contribution in [1.82, 2.24) is 10.2 Å². The first-order valence-corrected chi connectivity index (χ1v) is 4.76. The summed E-state index contributed by atoms with van der Waals surface area (Å²) in [7, 11) is 0. The van der Waals surface area contributed by atoms with Crippen LogP contribution in [0, 0.1) is 5.82 Å². The number of hydrogen-bond acceptors (Lipinski definition) is 3. The van der Waals surface area contributed by atoms with Crippen LogP contribution in [0.5, 0.6) is 0 Å². The first-order chi connectivity index (χ1) is 6.68. The normalized spacial score (nSPS) is 10.5. The van der Waals surface area contributed by atoms with Crippen molar-refractivity contribution in [1.29, 1.82) is 0 Å². The van der Waals surface area contributed by atoms with Crippen LogP contribution >= 0.6 is 27.5 Å². The van der Waals surface area contributed by atoms with Gasteiger partial charge in [-0.2, -0.15) is 0 Å². The quantitative estimate of drug-likeness (QED) is 0.803. The van der Waals surface area contributed by atoms with Crippen molar-refractivity contribution < 1.29 is 8.81 Å². The number of halogens is 3. The Morgan fingerprint density at radius 1 is 1.43 bits per heavy atom. The van der Waals surface area contributed by atoms with Crippen LogP contribution < -0.4 is 0 Å². The molecule has 0 fully saturated rings. The summed E-state index contributed by atoms with van der Waals surface area (Å²) in [5.41, 5.74) is 0.118. The van der Waals surface area contributed by atoms with Crippen LogP contribution in [0.25, 0.3) is 11.5 Å². The van der Waals surface area contributed by atoms with E-state index in [0.717, 1.165) is 6.39 Å². The van der Waals surface area contributed by atoms with E-state index < -0.39 is 5.82 Å². The van der Waals surface area contributed by atoms with Crippen molar-refractivity contribution in [2.45, 2.75) is 0 Å². The number of aromatic nitrogens is 2. The molecule has 0 saturated heterocycles. The molecule has 0 saturated carbocycles. The molecule has 72 valence electrons. The van der Waals surface area contributed by atoms with E-state index in [2.05, 4.69) is 26.1 Å². The van der Waals surface area contributed by atoms with Gasteiger partial charge < -0.3 is 4.42 Å². The Kier molecular flexibility index (Phi) is 2.52. The third-order valence-electron chi connectivity index (χ3n) is 1.58. The highest BCUT2D eigenvalue weighted by atomic mass is 79.9. The van der Waals surface area contributed by atoms with Crippen molar-refractivity contribution >= 4 is 27.5 Å². The smallest absolute Gasteiger partial charge is 0.251 e. The highest BCUT2D eigenvalue weighted by Crippen LogP contribution is 2.31. The van der Waals surface area contributed by atoms with E-state index in [4.69, 9.17) is 16.0 Å². The summed E-state index contributed by atoms with van der Waals surface area (Å²) in [6.07, 6.45) is 1.12. The van der Waals surface area contributed by atoms with E-state index in [9.17, 15) is 4.39 Å². The fraction of sp³-hybridized carbons (Fsp3) is 0. The lowest BCUT2D eigenvalue weighted by atomic mass is 10.2. The maximum atomic E-state index is 13.4. The van der Waals surface area contributed by atoms with Crippen LogP contribution in [0.1, 0.15) is 0 Å². The Morgan fingerprint density at radius 3 is 2.79 bits per heavy atom. The third-order valence-corrected chi connectivity index (χ3v) is 2.34. The van der Waals surface area contributed by atoms with Crippen molar-refractivity contribution in [3.05, 3.63) is 33.8 Å². The van der Waals surface area contributed by atoms with E-state index in [1.807, 2.05) is 0 Å². The Hall–Kier alpha value is -0.940. The van der Waals surface area contributed by atoms with E-state index in [1.165, 1.54) is 6.07 Å². The minimum absolute atomic E-state index is 0.0694. The average molecular weight is 277 g/mol. The minimum Gasteiger partial charge on any atom is -0.423 e. The maximum absolute atomic E-state index is 13.4. The van der Waals surface area contributed by atoms with Crippen LogP contribution in [-0.2, 0) is 0 Å². The van der Waals surface area contributed by atoms with E-state index in [1.54, 1.807) is 6.07 Å². The van der Waals surface area contributed by atoms with Crippen LogP contribution in [0.4, 0.5) is 4.39 Å². The molecule has 14 heavy (non-hydrogen) atoms. The zero-order chi connectivity index (χ0) is 10.1. The molecular formula is C8H3BrClFN2O. The zero-order valence-electron chi connectivity index (χ0n) is 6.67.